The van der Waals surface area contributed by atoms with Crippen LogP contribution in [0.15, 0.2) is 18.2 Å². The maximum atomic E-state index is 6.96. The summed E-state index contributed by atoms with van der Waals surface area (Å²) in [5.74, 6) is 0. The van der Waals surface area contributed by atoms with E-state index in [1.807, 2.05) is 19.1 Å². The van der Waals surface area contributed by atoms with E-state index in [-0.39, 0.29) is 0 Å². The van der Waals surface area contributed by atoms with Crippen LogP contribution in [0, 0.1) is 17.7 Å². The number of rotatable bonds is 2. The van der Waals surface area contributed by atoms with Gasteiger partial charge in [0, 0.05) is 11.1 Å². The molecule has 11 heavy (non-hydrogen) atoms. The van der Waals surface area contributed by atoms with Gasteiger partial charge in [0.2, 0.25) is 0 Å². The summed E-state index contributed by atoms with van der Waals surface area (Å²) in [6, 6.07) is 5.47. The molecule has 1 aromatic rings. The fraction of sp³-hybridized carbons (Fsp3) is 0.111. The number of hydrogen-bond acceptors (Lipinski definition) is 2. The summed E-state index contributed by atoms with van der Waals surface area (Å²) < 4.78 is 0. The predicted molar refractivity (Wildman–Crippen MR) is 44.8 cm³/mol. The van der Waals surface area contributed by atoms with Gasteiger partial charge in [0.1, 0.15) is 0 Å². The number of benzene rings is 1. The molecule has 0 atom stereocenters. The predicted octanol–water partition coefficient (Wildman–Crippen LogP) is 1.74. The third-order valence-electron chi connectivity index (χ3n) is 1.53. The van der Waals surface area contributed by atoms with E-state index < -0.39 is 0 Å². The molecule has 0 saturated heterocycles. The summed E-state index contributed by atoms with van der Waals surface area (Å²) >= 11 is 0. The Hall–Kier alpha value is -1.44. The maximum absolute atomic E-state index is 6.96. The Bertz CT molecular complexity index is 290. The van der Waals surface area contributed by atoms with Gasteiger partial charge < -0.3 is 0 Å². The molecule has 2 radical (unpaired) electrons. The molecule has 0 fully saturated rings. The minimum atomic E-state index is 0.625. The highest BCUT2D eigenvalue weighted by Gasteiger charge is 1.99. The molecule has 0 aliphatic heterocycles. The highest BCUT2D eigenvalue weighted by Crippen LogP contribution is 2.08. The fourth-order valence-electron chi connectivity index (χ4n) is 0.938. The standard InChI is InChI=1S/C9H8N2/c1-7-3-2-4-8(5-10)9(7)6-11/h2-4,10-11H,1H3. The third kappa shape index (κ3) is 1.34. The van der Waals surface area contributed by atoms with Crippen LogP contribution in [0.3, 0.4) is 0 Å². The zero-order valence-corrected chi connectivity index (χ0v) is 6.23. The van der Waals surface area contributed by atoms with Crippen molar-refractivity contribution in [3.8, 4) is 0 Å². The van der Waals surface area contributed by atoms with Crippen LogP contribution < -0.4 is 0 Å². The van der Waals surface area contributed by atoms with E-state index in [9.17, 15) is 0 Å². The van der Waals surface area contributed by atoms with Crippen molar-refractivity contribution in [1.82, 2.24) is 0 Å². The number of hydrogen-bond donors (Lipinski definition) is 2. The minimum Gasteiger partial charge on any atom is -0.298 e. The Morgan fingerprint density at radius 2 is 1.91 bits per heavy atom. The molecule has 0 aliphatic rings. The molecule has 0 aromatic heterocycles. The summed E-state index contributed by atoms with van der Waals surface area (Å²) in [5.41, 5.74) is 2.24. The molecule has 1 aromatic carbocycles. The summed E-state index contributed by atoms with van der Waals surface area (Å²) in [6.07, 6.45) is 4.54. The van der Waals surface area contributed by atoms with Gasteiger partial charge in [-0.2, -0.15) is 0 Å². The van der Waals surface area contributed by atoms with Crippen LogP contribution >= 0.6 is 0 Å². The van der Waals surface area contributed by atoms with E-state index >= 15 is 0 Å². The number of aryl methyl sites for hydroxylation is 1. The first-order chi connectivity index (χ1) is 5.29. The average molecular weight is 144 g/mol. The van der Waals surface area contributed by atoms with Crippen molar-refractivity contribution in [2.45, 2.75) is 6.92 Å². The fourth-order valence-corrected chi connectivity index (χ4v) is 0.938. The van der Waals surface area contributed by atoms with Gasteiger partial charge in [-0.3, -0.25) is 10.8 Å². The molecule has 0 bridgehead atoms. The van der Waals surface area contributed by atoms with E-state index in [2.05, 4.69) is 12.4 Å². The lowest BCUT2D eigenvalue weighted by Gasteiger charge is -2.00. The van der Waals surface area contributed by atoms with Gasteiger partial charge in [-0.05, 0) is 12.5 Å². The van der Waals surface area contributed by atoms with Crippen molar-refractivity contribution in [3.63, 3.8) is 0 Å². The average Bonchev–Trinajstić information content (AvgIpc) is 2.04. The second-order valence-electron chi connectivity index (χ2n) is 2.25. The van der Waals surface area contributed by atoms with Gasteiger partial charge in [-0.15, -0.1) is 0 Å². The maximum Gasteiger partial charge on any atom is 0.0877 e. The van der Waals surface area contributed by atoms with Gasteiger partial charge in [0.25, 0.3) is 0 Å². The van der Waals surface area contributed by atoms with Crippen LogP contribution in [-0.4, -0.2) is 12.4 Å². The third-order valence-corrected chi connectivity index (χ3v) is 1.53. The van der Waals surface area contributed by atoms with E-state index in [0.717, 1.165) is 5.56 Å². The van der Waals surface area contributed by atoms with Crippen molar-refractivity contribution in [2.75, 3.05) is 0 Å². The molecule has 2 heteroatoms. The van der Waals surface area contributed by atoms with Crippen LogP contribution in [0.1, 0.15) is 16.7 Å². The van der Waals surface area contributed by atoms with Gasteiger partial charge in [0.15, 0.2) is 0 Å². The van der Waals surface area contributed by atoms with Gasteiger partial charge in [-0.25, -0.2) is 0 Å². The first-order valence-electron chi connectivity index (χ1n) is 3.24. The molecular weight excluding hydrogens is 136 g/mol. The smallest absolute Gasteiger partial charge is 0.0877 e. The zero-order valence-electron chi connectivity index (χ0n) is 6.23. The van der Waals surface area contributed by atoms with Gasteiger partial charge >= 0.3 is 0 Å². The molecule has 54 valence electrons. The second-order valence-corrected chi connectivity index (χ2v) is 2.25. The lowest BCUT2D eigenvalue weighted by atomic mass is 10.0. The molecule has 0 spiro atoms. The Balaban J connectivity index is 3.35. The van der Waals surface area contributed by atoms with Crippen LogP contribution in [-0.2, 0) is 0 Å². The quantitative estimate of drug-likeness (QED) is 0.594. The van der Waals surface area contributed by atoms with Crippen molar-refractivity contribution >= 4 is 12.4 Å². The molecule has 0 heterocycles. The van der Waals surface area contributed by atoms with E-state index in [1.54, 1.807) is 6.07 Å². The first kappa shape index (κ1) is 7.66. The summed E-state index contributed by atoms with van der Waals surface area (Å²) in [5, 5.41) is 13.9. The van der Waals surface area contributed by atoms with Crippen molar-refractivity contribution in [1.29, 1.82) is 10.8 Å². The summed E-state index contributed by atoms with van der Waals surface area (Å²) in [4.78, 5) is 0. The van der Waals surface area contributed by atoms with E-state index in [4.69, 9.17) is 10.8 Å². The first-order valence-corrected chi connectivity index (χ1v) is 3.24. The molecule has 2 nitrogen and oxygen atoms in total. The molecular formula is C9H8N2. The molecule has 0 amide bonds. The van der Waals surface area contributed by atoms with Crippen molar-refractivity contribution < 1.29 is 0 Å². The molecule has 0 unspecified atom stereocenters. The SMILES string of the molecule is Cc1cccc([C]=N)c1[C]=N. The highest BCUT2D eigenvalue weighted by atomic mass is 14.4. The van der Waals surface area contributed by atoms with Crippen LogP contribution in [0.25, 0.3) is 0 Å². The topological polar surface area (TPSA) is 47.7 Å². The van der Waals surface area contributed by atoms with Gasteiger partial charge in [-0.1, -0.05) is 18.2 Å². The Labute approximate surface area is 65.9 Å². The lowest BCUT2D eigenvalue weighted by molar-refractivity contribution is 1.41. The van der Waals surface area contributed by atoms with Crippen LogP contribution in [0.4, 0.5) is 0 Å². The van der Waals surface area contributed by atoms with Crippen molar-refractivity contribution in [3.05, 3.63) is 34.9 Å². The molecule has 2 N–H and O–H groups in total. The summed E-state index contributed by atoms with van der Waals surface area (Å²) in [7, 11) is 0. The Morgan fingerprint density at radius 3 is 2.36 bits per heavy atom. The van der Waals surface area contributed by atoms with E-state index in [0.29, 0.717) is 11.1 Å². The Kier molecular flexibility index (Phi) is 2.16. The molecule has 0 aliphatic carbocycles. The second kappa shape index (κ2) is 3.10. The van der Waals surface area contributed by atoms with Crippen LogP contribution in [0.5, 0.6) is 0 Å². The summed E-state index contributed by atoms with van der Waals surface area (Å²) in [6.45, 7) is 1.89. The van der Waals surface area contributed by atoms with Gasteiger partial charge in [0.05, 0.1) is 12.4 Å². The normalized spacial score (nSPS) is 9.18. The number of nitrogens with one attached hydrogen (secondary N) is 2. The minimum absolute atomic E-state index is 0.625. The largest absolute Gasteiger partial charge is 0.298 e. The molecule has 0 saturated carbocycles. The molecule has 1 rings (SSSR count). The van der Waals surface area contributed by atoms with E-state index in [1.165, 1.54) is 0 Å². The highest BCUT2D eigenvalue weighted by molar-refractivity contribution is 5.93. The lowest BCUT2D eigenvalue weighted by Crippen LogP contribution is -1.93. The zero-order chi connectivity index (χ0) is 8.27. The van der Waals surface area contributed by atoms with Crippen molar-refractivity contribution in [2.24, 2.45) is 0 Å². The Morgan fingerprint density at radius 1 is 1.18 bits per heavy atom. The monoisotopic (exact) mass is 144 g/mol. The van der Waals surface area contributed by atoms with Crippen LogP contribution in [0.2, 0.25) is 0 Å².